The van der Waals surface area contributed by atoms with Crippen LogP contribution in [0.1, 0.15) is 0 Å². The predicted molar refractivity (Wildman–Crippen MR) is 264 cm³/mol. The second-order valence-corrected chi connectivity index (χ2v) is 22.4. The molecule has 0 aromatic rings. The van der Waals surface area contributed by atoms with Gasteiger partial charge in [-0.05, 0) is 0 Å². The van der Waals surface area contributed by atoms with E-state index in [1.807, 2.05) is 0 Å². The van der Waals surface area contributed by atoms with Gasteiger partial charge in [-0.25, -0.2) is 0 Å². The molecule has 0 aromatic heterocycles. The highest BCUT2D eigenvalue weighted by Crippen LogP contribution is 2.40. The molecular weight excluding hydrogens is 1230 g/mol. The lowest BCUT2D eigenvalue weighted by atomic mass is 9.95. The maximum atomic E-state index is 11.8. The SMILES string of the molecule is OCC1OC(OC2C(O)C(CO)OC(OC3C(O)C(CO)OC(OC4C(O)C(CO)OC(OC5C(O)C(CO)OC(OC6C(O)C(OC7C(O)C(CO)OC(OC8C(O)C(O)OC8[C@H](O)CO)C7O)OC6[C@H](O)CO)C5O)C4O)C3O)C2O)C(O)C(O)C1O. The fourth-order valence-electron chi connectivity index (χ4n) is 11.5. The Labute approximate surface area is 501 Å². The molecule has 89 heavy (non-hydrogen) atoms. The molecule has 0 amide bonds. The van der Waals surface area contributed by atoms with Crippen molar-refractivity contribution < 1.29 is 204 Å². The van der Waals surface area contributed by atoms with Crippen molar-refractivity contribution in [3.8, 4) is 0 Å². The molecule has 0 bridgehead atoms. The monoisotopic (exact) mass is 1310 g/mol. The summed E-state index contributed by atoms with van der Waals surface area (Å²) >= 11 is 0. The number of aliphatic hydroxyl groups excluding tert-OH is 26. The highest BCUT2D eigenvalue weighted by molar-refractivity contribution is 5.02. The molecule has 8 saturated heterocycles. The Hall–Kier alpha value is -1.64. The van der Waals surface area contributed by atoms with Gasteiger partial charge < -0.3 is 204 Å². The van der Waals surface area contributed by atoms with Gasteiger partial charge in [0.25, 0.3) is 0 Å². The minimum absolute atomic E-state index is 0.909. The second-order valence-electron chi connectivity index (χ2n) is 22.4. The lowest BCUT2D eigenvalue weighted by molar-refractivity contribution is -0.396. The Morgan fingerprint density at radius 1 is 0.225 bits per heavy atom. The first-order valence-electron chi connectivity index (χ1n) is 28.2. The zero-order chi connectivity index (χ0) is 65.4. The Kier molecular flexibility index (Phi) is 25.9. The summed E-state index contributed by atoms with van der Waals surface area (Å²) in [6, 6.07) is 0. The quantitative estimate of drug-likeness (QED) is 0.0427. The van der Waals surface area contributed by atoms with Crippen molar-refractivity contribution in [1.29, 1.82) is 0 Å². The van der Waals surface area contributed by atoms with Crippen molar-refractivity contribution in [2.24, 2.45) is 0 Å². The molecule has 0 aromatic carbocycles. The molecule has 41 nitrogen and oxygen atoms in total. The average molecular weight is 1320 g/mol. The normalized spacial score (nSPS) is 52.4. The summed E-state index contributed by atoms with van der Waals surface area (Å²) in [7, 11) is 0. The molecule has 8 aliphatic rings. The van der Waals surface area contributed by atoms with E-state index in [1.165, 1.54) is 0 Å². The molecule has 26 N–H and O–H groups in total. The van der Waals surface area contributed by atoms with E-state index in [0.717, 1.165) is 0 Å². The summed E-state index contributed by atoms with van der Waals surface area (Å²) in [4.78, 5) is 0. The molecule has 0 radical (unpaired) electrons. The van der Waals surface area contributed by atoms with Gasteiger partial charge in [-0.1, -0.05) is 0 Å². The van der Waals surface area contributed by atoms with Crippen molar-refractivity contribution in [2.75, 3.05) is 52.9 Å². The number of rotatable bonds is 24. The Morgan fingerprint density at radius 2 is 0.438 bits per heavy atom. The van der Waals surface area contributed by atoms with Crippen molar-refractivity contribution >= 4 is 0 Å². The fraction of sp³-hybridized carbons (Fsp3) is 1.00. The average Bonchev–Trinajstić information content (AvgIpc) is 1.81. The van der Waals surface area contributed by atoms with Crippen molar-refractivity contribution in [1.82, 2.24) is 0 Å². The van der Waals surface area contributed by atoms with Crippen molar-refractivity contribution in [3.05, 3.63) is 0 Å². The van der Waals surface area contributed by atoms with Crippen molar-refractivity contribution in [2.45, 2.75) is 246 Å². The summed E-state index contributed by atoms with van der Waals surface area (Å²) in [5, 5.41) is 279. The van der Waals surface area contributed by atoms with E-state index in [0.29, 0.717) is 0 Å². The smallest absolute Gasteiger partial charge is 0.187 e. The number of hydrogen-bond acceptors (Lipinski definition) is 41. The van der Waals surface area contributed by atoms with Crippen LogP contribution in [0.5, 0.6) is 0 Å². The topological polar surface area (TPSA) is 664 Å². The Morgan fingerprint density at radius 3 is 0.708 bits per heavy atom. The van der Waals surface area contributed by atoms with Gasteiger partial charge in [0, 0.05) is 0 Å². The van der Waals surface area contributed by atoms with Crippen LogP contribution in [0, 0.1) is 0 Å². The van der Waals surface area contributed by atoms with Gasteiger partial charge in [-0.3, -0.25) is 0 Å². The highest BCUT2D eigenvalue weighted by atomic mass is 16.8. The molecule has 8 aliphatic heterocycles. The molecule has 8 rings (SSSR count). The van der Waals surface area contributed by atoms with Gasteiger partial charge in [0.1, 0.15) is 195 Å². The van der Waals surface area contributed by atoms with Crippen LogP contribution in [-0.2, 0) is 71.1 Å². The van der Waals surface area contributed by atoms with E-state index >= 15 is 0 Å². The van der Waals surface area contributed by atoms with Gasteiger partial charge in [-0.2, -0.15) is 0 Å². The third kappa shape index (κ3) is 15.0. The van der Waals surface area contributed by atoms with Crippen LogP contribution >= 0.6 is 0 Å². The van der Waals surface area contributed by atoms with Gasteiger partial charge in [-0.15, -0.1) is 0 Å². The van der Waals surface area contributed by atoms with Crippen molar-refractivity contribution in [3.63, 3.8) is 0 Å². The minimum atomic E-state index is -2.37. The first kappa shape index (κ1) is 73.2. The van der Waals surface area contributed by atoms with E-state index in [9.17, 15) is 133 Å². The molecule has 38 unspecified atom stereocenters. The van der Waals surface area contributed by atoms with E-state index in [4.69, 9.17) is 71.1 Å². The van der Waals surface area contributed by atoms with Gasteiger partial charge >= 0.3 is 0 Å². The van der Waals surface area contributed by atoms with E-state index in [-0.39, 0.29) is 0 Å². The lowest BCUT2D eigenvalue weighted by Crippen LogP contribution is -2.68. The zero-order valence-corrected chi connectivity index (χ0v) is 46.5. The Balaban J connectivity index is 0.965. The zero-order valence-electron chi connectivity index (χ0n) is 46.5. The standard InChI is InChI=1S/C48H82O41/c49-1-9(57)32-39(25(67)41(74)81-32)88-46-30(72)38(22(64)16(8-56)79-46)87-48-31(73)40(33(82-48)10(58)2-50)89-47-29(71)37(21(63)15(7-55)80-47)86-45-28(70)36(20(62)14(6-54)78-45)85-44-27(69)35(19(61)13(5-53)77-44)84-43-26(68)34(18(60)12(4-52)76-43)83-42-24(66)23(65)17(59)11(3-51)75-42/h9-74H,1-8H2/t9-,10-,11?,12?,13?,14?,15?,16?,17?,18?,19?,20?,21?,22?,23?,24?,25?,26?,27?,28?,29?,30?,31?,32?,33?,34?,35?,36?,37?,38?,39?,40?,41?,42?,43?,44?,45?,46?,47?,48?/m1/s1. The summed E-state index contributed by atoms with van der Waals surface area (Å²) in [6.45, 7) is -8.39. The molecule has 0 spiro atoms. The van der Waals surface area contributed by atoms with Crippen LogP contribution in [0.2, 0.25) is 0 Å². The largest absolute Gasteiger partial charge is 0.394 e. The third-order valence-electron chi connectivity index (χ3n) is 16.6. The molecule has 40 atom stereocenters. The first-order chi connectivity index (χ1) is 42.2. The molecule has 0 saturated carbocycles. The van der Waals surface area contributed by atoms with Crippen LogP contribution in [0.15, 0.2) is 0 Å². The van der Waals surface area contributed by atoms with E-state index in [1.54, 1.807) is 0 Å². The molecular formula is C48H82O41. The maximum absolute atomic E-state index is 11.8. The van der Waals surface area contributed by atoms with E-state index < -0.39 is 299 Å². The Bertz CT molecular complexity index is 2130. The number of aliphatic hydroxyl groups is 26. The summed E-state index contributed by atoms with van der Waals surface area (Å²) < 4.78 is 84.0. The summed E-state index contributed by atoms with van der Waals surface area (Å²) in [6.07, 6.45) is -81.0. The van der Waals surface area contributed by atoms with Crippen LogP contribution in [-0.4, -0.2) is 431 Å². The van der Waals surface area contributed by atoms with Crippen LogP contribution < -0.4 is 0 Å². The van der Waals surface area contributed by atoms with Gasteiger partial charge in [0.2, 0.25) is 0 Å². The minimum Gasteiger partial charge on any atom is -0.394 e. The first-order valence-corrected chi connectivity index (χ1v) is 28.2. The number of ether oxygens (including phenoxy) is 15. The fourth-order valence-corrected chi connectivity index (χ4v) is 11.5. The highest BCUT2D eigenvalue weighted by Gasteiger charge is 2.60. The summed E-state index contributed by atoms with van der Waals surface area (Å²) in [5.74, 6) is 0. The maximum Gasteiger partial charge on any atom is 0.187 e. The summed E-state index contributed by atoms with van der Waals surface area (Å²) in [5.41, 5.74) is 0. The van der Waals surface area contributed by atoms with E-state index in [2.05, 4.69) is 0 Å². The second kappa shape index (κ2) is 31.5. The lowest BCUT2D eigenvalue weighted by Gasteiger charge is -2.49. The van der Waals surface area contributed by atoms with Gasteiger partial charge in [0.05, 0.1) is 52.9 Å². The third-order valence-corrected chi connectivity index (χ3v) is 16.6. The predicted octanol–water partition coefficient (Wildman–Crippen LogP) is -18.5. The molecule has 8 heterocycles. The molecule has 8 fully saturated rings. The molecule has 520 valence electrons. The van der Waals surface area contributed by atoms with Crippen LogP contribution in [0.3, 0.4) is 0 Å². The molecule has 41 heteroatoms. The number of hydrogen-bond donors (Lipinski definition) is 26. The van der Waals surface area contributed by atoms with Crippen LogP contribution in [0.4, 0.5) is 0 Å². The van der Waals surface area contributed by atoms with Crippen LogP contribution in [0.25, 0.3) is 0 Å². The van der Waals surface area contributed by atoms with Gasteiger partial charge in [0.15, 0.2) is 50.3 Å². The molecule has 0 aliphatic carbocycles.